The summed E-state index contributed by atoms with van der Waals surface area (Å²) in [6, 6.07) is 3.62. The summed E-state index contributed by atoms with van der Waals surface area (Å²) in [5, 5.41) is 4.56. The number of amides is 3. The van der Waals surface area contributed by atoms with Crippen molar-refractivity contribution in [2.24, 2.45) is 5.92 Å². The number of piperazine rings is 1. The van der Waals surface area contributed by atoms with Gasteiger partial charge in [0.15, 0.2) is 0 Å². The Labute approximate surface area is 181 Å². The van der Waals surface area contributed by atoms with Crippen LogP contribution in [-0.4, -0.2) is 66.1 Å². The molecular weight excluding hydrogens is 407 g/mol. The third-order valence-electron chi connectivity index (χ3n) is 5.83. The topological polar surface area (TPSA) is 81.8 Å². The minimum Gasteiger partial charge on any atom is -0.344 e. The number of nitrogens with zero attached hydrogens (tertiary/aromatic N) is 2. The van der Waals surface area contributed by atoms with Gasteiger partial charge in [-0.1, -0.05) is 25.6 Å². The number of hydrogen-bond donors (Lipinski definition) is 3. The lowest BCUT2D eigenvalue weighted by molar-refractivity contribution is -0.138. The Morgan fingerprint density at radius 1 is 1.20 bits per heavy atom. The molecule has 2 N–H and O–H groups in total. The summed E-state index contributed by atoms with van der Waals surface area (Å²) < 4.78 is 14.4. The predicted octanol–water partition coefficient (Wildman–Crippen LogP) is 2.45. The van der Waals surface area contributed by atoms with Crippen molar-refractivity contribution >= 4 is 35.4 Å². The zero-order valence-corrected chi connectivity index (χ0v) is 18.3. The lowest BCUT2D eigenvalue weighted by Crippen LogP contribution is -2.55. The molecule has 0 spiro atoms. The van der Waals surface area contributed by atoms with Gasteiger partial charge in [-0.05, 0) is 43.5 Å². The van der Waals surface area contributed by atoms with E-state index in [0.717, 1.165) is 25.9 Å². The smallest absolute Gasteiger partial charge is 0.280 e. The molecule has 1 aliphatic heterocycles. The highest BCUT2D eigenvalue weighted by Gasteiger charge is 2.34. The summed E-state index contributed by atoms with van der Waals surface area (Å²) in [6.45, 7) is 4.55. The largest absolute Gasteiger partial charge is 0.344 e. The molecule has 1 aromatic carbocycles. The van der Waals surface area contributed by atoms with Crippen LogP contribution in [0.25, 0.3) is 0 Å². The summed E-state index contributed by atoms with van der Waals surface area (Å²) in [5.41, 5.74) is 0.592. The third kappa shape index (κ3) is 5.95. The Balaban J connectivity index is 1.78. The molecule has 9 heteroatoms. The van der Waals surface area contributed by atoms with Crippen molar-refractivity contribution in [3.05, 3.63) is 29.6 Å². The van der Waals surface area contributed by atoms with Crippen LogP contribution in [0.1, 0.15) is 37.7 Å². The molecule has 0 aromatic heterocycles. The van der Waals surface area contributed by atoms with Gasteiger partial charge in [-0.3, -0.25) is 14.4 Å². The minimum atomic E-state index is -0.774. The first kappa shape index (κ1) is 22.6. The van der Waals surface area contributed by atoms with Crippen molar-refractivity contribution in [1.29, 1.82) is 0 Å². The number of benzene rings is 1. The molecular formula is C21H29FN4O3S. The molecule has 0 bridgehead atoms. The van der Waals surface area contributed by atoms with E-state index in [1.54, 1.807) is 11.0 Å². The molecule has 1 saturated carbocycles. The molecule has 3 amide bonds. The molecule has 3 rings (SSSR count). The summed E-state index contributed by atoms with van der Waals surface area (Å²) in [6.07, 6.45) is 2.51. The van der Waals surface area contributed by atoms with E-state index in [1.165, 1.54) is 12.1 Å². The van der Waals surface area contributed by atoms with Crippen LogP contribution in [0.5, 0.6) is 0 Å². The van der Waals surface area contributed by atoms with Crippen molar-refractivity contribution < 1.29 is 18.8 Å². The second kappa shape index (κ2) is 9.78. The fourth-order valence-electron chi connectivity index (χ4n) is 3.66. The Hall–Kier alpha value is -2.13. The van der Waals surface area contributed by atoms with Crippen molar-refractivity contribution in [1.82, 2.24) is 15.1 Å². The number of likely N-dealkylation sites (N-methyl/N-ethyl adjacent to an activating group) is 1. The molecule has 7 nitrogen and oxygen atoms in total. The Bertz CT molecular complexity index is 809. The molecule has 2 aliphatic rings. The Kier molecular flexibility index (Phi) is 7.36. The second-order valence-electron chi connectivity index (χ2n) is 8.28. The van der Waals surface area contributed by atoms with E-state index in [-0.39, 0.29) is 17.5 Å². The van der Waals surface area contributed by atoms with E-state index >= 15 is 0 Å². The van der Waals surface area contributed by atoms with E-state index in [4.69, 9.17) is 0 Å². The first-order chi connectivity index (χ1) is 14.2. The number of nitrogens with one attached hydrogen (secondary N) is 2. The molecule has 1 aliphatic carbocycles. The van der Waals surface area contributed by atoms with Crippen molar-refractivity contribution in [3.8, 4) is 0 Å². The average molecular weight is 437 g/mol. The summed E-state index contributed by atoms with van der Waals surface area (Å²) in [7, 11) is 2.01. The lowest BCUT2D eigenvalue weighted by Gasteiger charge is -2.36. The van der Waals surface area contributed by atoms with Gasteiger partial charge in [0.25, 0.3) is 5.24 Å². The van der Waals surface area contributed by atoms with E-state index in [9.17, 15) is 18.8 Å². The van der Waals surface area contributed by atoms with Crippen LogP contribution in [-0.2, 0) is 9.59 Å². The van der Waals surface area contributed by atoms with Crippen LogP contribution in [0, 0.1) is 11.7 Å². The van der Waals surface area contributed by atoms with Crippen molar-refractivity contribution in [2.45, 2.75) is 38.1 Å². The molecule has 2 fully saturated rings. The number of rotatable bonds is 7. The highest BCUT2D eigenvalue weighted by atomic mass is 32.1. The maximum atomic E-state index is 14.4. The Morgan fingerprint density at radius 2 is 1.87 bits per heavy atom. The van der Waals surface area contributed by atoms with Gasteiger partial charge in [0, 0.05) is 38.5 Å². The van der Waals surface area contributed by atoms with Gasteiger partial charge in [-0.2, -0.15) is 0 Å². The third-order valence-corrected chi connectivity index (χ3v) is 5.94. The van der Waals surface area contributed by atoms with E-state index in [0.29, 0.717) is 31.0 Å². The number of anilines is 1. The standard InChI is InChI=1S/C21H29FN4O3S/c1-13(15-5-6-17(16(22)12-15)23-21(29)30)19(24-18(27)11-14-3-4-14)20(28)26-9-7-25(2)8-10-26/h5-6,12-14,19H,3-4,7-11H2,1-2H3,(H,24,27)(H2,23,29,30)/t13-,19+/m0/s1. The molecule has 2 atom stereocenters. The fourth-order valence-corrected chi connectivity index (χ4v) is 3.78. The predicted molar refractivity (Wildman–Crippen MR) is 116 cm³/mol. The van der Waals surface area contributed by atoms with Gasteiger partial charge in [0.2, 0.25) is 11.8 Å². The molecule has 164 valence electrons. The van der Waals surface area contributed by atoms with Crippen LogP contribution in [0.2, 0.25) is 0 Å². The molecule has 0 unspecified atom stereocenters. The SMILES string of the molecule is C[C@@H](c1ccc(NC(=O)S)c(F)c1)[C@@H](NC(=O)CC1CC1)C(=O)N1CCN(C)CC1. The first-order valence-corrected chi connectivity index (χ1v) is 10.8. The van der Waals surface area contributed by atoms with Crippen LogP contribution in [0.15, 0.2) is 18.2 Å². The fraction of sp³-hybridized carbons (Fsp3) is 0.571. The minimum absolute atomic E-state index is 0.0191. The van der Waals surface area contributed by atoms with Crippen molar-refractivity contribution in [3.63, 3.8) is 0 Å². The summed E-state index contributed by atoms with van der Waals surface area (Å²) in [5.74, 6) is -0.933. The van der Waals surface area contributed by atoms with Crippen LogP contribution < -0.4 is 10.6 Å². The van der Waals surface area contributed by atoms with Gasteiger partial charge in [-0.25, -0.2) is 4.39 Å². The molecule has 1 heterocycles. The second-order valence-corrected chi connectivity index (χ2v) is 8.69. The number of carbonyl (C=O) groups excluding carboxylic acids is 3. The zero-order chi connectivity index (χ0) is 21.8. The Morgan fingerprint density at radius 3 is 2.43 bits per heavy atom. The quantitative estimate of drug-likeness (QED) is 0.574. The normalized spacial score (nSPS) is 19.1. The maximum Gasteiger partial charge on any atom is 0.280 e. The molecule has 1 saturated heterocycles. The zero-order valence-electron chi connectivity index (χ0n) is 17.4. The van der Waals surface area contributed by atoms with Gasteiger partial charge in [-0.15, -0.1) is 0 Å². The molecule has 1 aromatic rings. The molecule has 30 heavy (non-hydrogen) atoms. The van der Waals surface area contributed by atoms with Gasteiger partial charge in [0.1, 0.15) is 11.9 Å². The van der Waals surface area contributed by atoms with E-state index in [1.807, 2.05) is 14.0 Å². The highest BCUT2D eigenvalue weighted by molar-refractivity contribution is 7.96. The van der Waals surface area contributed by atoms with E-state index in [2.05, 4.69) is 28.2 Å². The van der Waals surface area contributed by atoms with Crippen molar-refractivity contribution in [2.75, 3.05) is 38.5 Å². The first-order valence-electron chi connectivity index (χ1n) is 10.3. The summed E-state index contributed by atoms with van der Waals surface area (Å²) >= 11 is 3.60. The monoisotopic (exact) mass is 436 g/mol. The van der Waals surface area contributed by atoms with Crippen LogP contribution >= 0.6 is 12.6 Å². The average Bonchev–Trinajstić information content (AvgIpc) is 3.51. The maximum absolute atomic E-state index is 14.4. The highest BCUT2D eigenvalue weighted by Crippen LogP contribution is 2.32. The van der Waals surface area contributed by atoms with Gasteiger partial charge in [0.05, 0.1) is 5.69 Å². The molecule has 0 radical (unpaired) electrons. The number of halogens is 1. The van der Waals surface area contributed by atoms with Crippen LogP contribution in [0.4, 0.5) is 14.9 Å². The van der Waals surface area contributed by atoms with Crippen LogP contribution in [0.3, 0.4) is 0 Å². The lowest BCUT2D eigenvalue weighted by atomic mass is 9.91. The number of thiol groups is 1. The summed E-state index contributed by atoms with van der Waals surface area (Å²) in [4.78, 5) is 40.8. The van der Waals surface area contributed by atoms with Gasteiger partial charge >= 0.3 is 0 Å². The van der Waals surface area contributed by atoms with Gasteiger partial charge < -0.3 is 20.4 Å². The number of hydrogen-bond acceptors (Lipinski definition) is 4. The van der Waals surface area contributed by atoms with E-state index < -0.39 is 23.0 Å². The number of carbonyl (C=O) groups is 3.